The molecule has 0 amide bonds. The average Bonchev–Trinajstić information content (AvgIpc) is 3.19. The summed E-state index contributed by atoms with van der Waals surface area (Å²) in [5.74, 6) is -3.09. The molecule has 12 heteroatoms. The van der Waals surface area contributed by atoms with Crippen molar-refractivity contribution in [3.05, 3.63) is 64.0 Å². The van der Waals surface area contributed by atoms with E-state index in [4.69, 9.17) is 9.57 Å². The van der Waals surface area contributed by atoms with Crippen LogP contribution in [0.15, 0.2) is 45.9 Å². The Bertz CT molecular complexity index is 1330. The standard InChI is InChI=1S/C22H21BrF3N3O4S/c1-13-10-14(24)11-18(20(13)25)34(30,31)29(32-2)17-7-5-6-15(21(17)26)22-16(23)12-28(27-22)19-8-3-4-9-33-19/h5-7,10-12,19H,3-4,8-9H2,1-2H3. The molecule has 7 nitrogen and oxygen atoms in total. The lowest BCUT2D eigenvalue weighted by molar-refractivity contribution is -0.0394. The van der Waals surface area contributed by atoms with Gasteiger partial charge in [-0.1, -0.05) is 6.07 Å². The summed E-state index contributed by atoms with van der Waals surface area (Å²) in [5, 5.41) is 4.43. The molecule has 1 atom stereocenters. The van der Waals surface area contributed by atoms with Crippen molar-refractivity contribution >= 4 is 31.6 Å². The third kappa shape index (κ3) is 4.47. The lowest BCUT2D eigenvalue weighted by Crippen LogP contribution is -2.31. The summed E-state index contributed by atoms with van der Waals surface area (Å²) in [4.78, 5) is 3.98. The molecule has 1 saturated heterocycles. The van der Waals surface area contributed by atoms with Gasteiger partial charge in [0.1, 0.15) is 34.1 Å². The molecule has 0 spiro atoms. The van der Waals surface area contributed by atoms with Gasteiger partial charge < -0.3 is 4.74 Å². The summed E-state index contributed by atoms with van der Waals surface area (Å²) in [6, 6.07) is 5.36. The van der Waals surface area contributed by atoms with Crippen molar-refractivity contribution in [3.63, 3.8) is 0 Å². The zero-order chi connectivity index (χ0) is 24.6. The molecule has 0 bridgehead atoms. The van der Waals surface area contributed by atoms with Gasteiger partial charge in [-0.15, -0.1) is 4.47 Å². The van der Waals surface area contributed by atoms with Gasteiger partial charge in [0.15, 0.2) is 5.82 Å². The van der Waals surface area contributed by atoms with Crippen LogP contribution in [0.1, 0.15) is 31.1 Å². The summed E-state index contributed by atoms with van der Waals surface area (Å²) in [5.41, 5.74) is -0.540. The molecule has 2 heterocycles. The Morgan fingerprint density at radius 3 is 2.65 bits per heavy atom. The first kappa shape index (κ1) is 24.7. The van der Waals surface area contributed by atoms with Crippen LogP contribution in [0.5, 0.6) is 0 Å². The Morgan fingerprint density at radius 1 is 1.21 bits per heavy atom. The lowest BCUT2D eigenvalue weighted by atomic mass is 10.1. The highest BCUT2D eigenvalue weighted by Gasteiger charge is 2.33. The zero-order valence-electron chi connectivity index (χ0n) is 18.3. The van der Waals surface area contributed by atoms with E-state index in [-0.39, 0.29) is 27.5 Å². The van der Waals surface area contributed by atoms with Gasteiger partial charge in [-0.25, -0.2) is 17.9 Å². The molecular weight excluding hydrogens is 539 g/mol. The fourth-order valence-corrected chi connectivity index (χ4v) is 5.70. The molecule has 0 radical (unpaired) electrons. The predicted octanol–water partition coefficient (Wildman–Crippen LogP) is 5.49. The van der Waals surface area contributed by atoms with E-state index in [1.54, 1.807) is 10.9 Å². The average molecular weight is 560 g/mol. The highest BCUT2D eigenvalue weighted by molar-refractivity contribution is 9.10. The fraction of sp³-hybridized carbons (Fsp3) is 0.318. The van der Waals surface area contributed by atoms with Gasteiger partial charge in [0.25, 0.3) is 10.0 Å². The van der Waals surface area contributed by atoms with Gasteiger partial charge in [-0.3, -0.25) is 4.84 Å². The van der Waals surface area contributed by atoms with E-state index in [0.29, 0.717) is 17.1 Å². The number of benzene rings is 2. The smallest absolute Gasteiger partial charge is 0.289 e. The number of sulfonamides is 1. The van der Waals surface area contributed by atoms with E-state index in [0.717, 1.165) is 38.5 Å². The summed E-state index contributed by atoms with van der Waals surface area (Å²) in [6.45, 7) is 1.82. The SMILES string of the molecule is CON(c1cccc(-c2nn(C3CCCCO3)cc2Br)c1F)S(=O)(=O)c1cc(F)cc(C)c1F. The van der Waals surface area contributed by atoms with Crippen LogP contribution in [-0.4, -0.2) is 31.9 Å². The van der Waals surface area contributed by atoms with Crippen LogP contribution in [0.25, 0.3) is 11.3 Å². The molecule has 1 unspecified atom stereocenters. The predicted molar refractivity (Wildman–Crippen MR) is 122 cm³/mol. The van der Waals surface area contributed by atoms with E-state index in [2.05, 4.69) is 21.0 Å². The van der Waals surface area contributed by atoms with Gasteiger partial charge >= 0.3 is 0 Å². The number of hydrogen-bond donors (Lipinski definition) is 0. The minimum Gasteiger partial charge on any atom is -0.357 e. The van der Waals surface area contributed by atoms with Crippen LogP contribution in [0, 0.1) is 24.4 Å². The largest absolute Gasteiger partial charge is 0.357 e. The molecule has 182 valence electrons. The number of hydrogen-bond acceptors (Lipinski definition) is 5. The molecular formula is C22H21BrF3N3O4S. The summed E-state index contributed by atoms with van der Waals surface area (Å²) in [7, 11) is -3.84. The third-order valence-corrected chi connectivity index (χ3v) is 7.63. The van der Waals surface area contributed by atoms with Crippen molar-refractivity contribution in [2.45, 2.75) is 37.3 Å². The monoisotopic (exact) mass is 559 g/mol. The second kappa shape index (κ2) is 9.68. The number of ether oxygens (including phenoxy) is 1. The zero-order valence-corrected chi connectivity index (χ0v) is 20.7. The molecule has 34 heavy (non-hydrogen) atoms. The maximum atomic E-state index is 15.7. The van der Waals surface area contributed by atoms with Gasteiger partial charge in [-0.05, 0) is 71.9 Å². The van der Waals surface area contributed by atoms with E-state index in [1.165, 1.54) is 19.1 Å². The number of anilines is 1. The quantitative estimate of drug-likeness (QED) is 0.373. The molecule has 1 aliphatic heterocycles. The number of nitrogens with zero attached hydrogens (tertiary/aromatic N) is 3. The first-order valence-corrected chi connectivity index (χ1v) is 12.6. The normalized spacial score (nSPS) is 16.6. The number of aromatic nitrogens is 2. The fourth-order valence-electron chi connectivity index (χ4n) is 3.77. The summed E-state index contributed by atoms with van der Waals surface area (Å²) < 4.78 is 78.5. The molecule has 4 rings (SSSR count). The van der Waals surface area contributed by atoms with Gasteiger partial charge in [0.05, 0.1) is 11.6 Å². The minimum absolute atomic E-state index is 0.0212. The first-order valence-electron chi connectivity index (χ1n) is 10.4. The Kier molecular flexibility index (Phi) is 7.04. The highest BCUT2D eigenvalue weighted by Crippen LogP contribution is 2.37. The molecule has 0 saturated carbocycles. The van der Waals surface area contributed by atoms with Crippen LogP contribution in [0.3, 0.4) is 0 Å². The minimum atomic E-state index is -4.82. The van der Waals surface area contributed by atoms with Crippen molar-refractivity contribution in [1.29, 1.82) is 0 Å². The topological polar surface area (TPSA) is 73.7 Å². The number of aryl methyl sites for hydroxylation is 1. The molecule has 1 fully saturated rings. The molecule has 0 aliphatic carbocycles. The van der Waals surface area contributed by atoms with Crippen molar-refractivity contribution in [1.82, 2.24) is 9.78 Å². The Labute approximate surface area is 203 Å². The van der Waals surface area contributed by atoms with E-state index >= 15 is 4.39 Å². The van der Waals surface area contributed by atoms with Gasteiger partial charge in [0, 0.05) is 18.4 Å². The van der Waals surface area contributed by atoms with Gasteiger partial charge in [0.2, 0.25) is 0 Å². The molecule has 1 aromatic heterocycles. The van der Waals surface area contributed by atoms with Crippen molar-refractivity contribution in [2.75, 3.05) is 18.2 Å². The molecule has 2 aromatic carbocycles. The van der Waals surface area contributed by atoms with Crippen LogP contribution in [0.2, 0.25) is 0 Å². The summed E-state index contributed by atoms with van der Waals surface area (Å²) >= 11 is 3.38. The second-order valence-electron chi connectivity index (χ2n) is 7.72. The molecule has 3 aromatic rings. The van der Waals surface area contributed by atoms with Crippen molar-refractivity contribution in [2.24, 2.45) is 0 Å². The highest BCUT2D eigenvalue weighted by atomic mass is 79.9. The first-order chi connectivity index (χ1) is 16.1. The second-order valence-corrected chi connectivity index (χ2v) is 10.3. The van der Waals surface area contributed by atoms with Crippen molar-refractivity contribution < 1.29 is 31.2 Å². The van der Waals surface area contributed by atoms with E-state index in [9.17, 15) is 17.2 Å². The van der Waals surface area contributed by atoms with Crippen LogP contribution < -0.4 is 4.47 Å². The molecule has 1 aliphatic rings. The third-order valence-electron chi connectivity index (χ3n) is 5.42. The maximum absolute atomic E-state index is 15.7. The van der Waals surface area contributed by atoms with Gasteiger partial charge in [-0.2, -0.15) is 13.5 Å². The van der Waals surface area contributed by atoms with Crippen molar-refractivity contribution in [3.8, 4) is 11.3 Å². The van der Waals surface area contributed by atoms with Crippen LogP contribution >= 0.6 is 15.9 Å². The Hall–Kier alpha value is -2.41. The van der Waals surface area contributed by atoms with Crippen LogP contribution in [-0.2, 0) is 19.6 Å². The Morgan fingerprint density at radius 2 is 1.97 bits per heavy atom. The van der Waals surface area contributed by atoms with Crippen LogP contribution in [0.4, 0.5) is 18.9 Å². The number of halogens is 4. The number of rotatable bonds is 6. The lowest BCUT2D eigenvalue weighted by Gasteiger charge is -2.23. The van der Waals surface area contributed by atoms with E-state index < -0.39 is 38.1 Å². The Balaban J connectivity index is 1.78. The van der Waals surface area contributed by atoms with E-state index in [1.807, 2.05) is 0 Å². The molecule has 0 N–H and O–H groups in total. The maximum Gasteiger partial charge on any atom is 0.289 e. The summed E-state index contributed by atoms with van der Waals surface area (Å²) in [6.07, 6.45) is 4.05.